The van der Waals surface area contributed by atoms with Gasteiger partial charge in [0.1, 0.15) is 0 Å². The fourth-order valence-electron chi connectivity index (χ4n) is 9.27. The molecule has 1 heterocycles. The lowest BCUT2D eigenvalue weighted by molar-refractivity contribution is -0.0864. The van der Waals surface area contributed by atoms with Crippen LogP contribution in [-0.2, 0) is 0 Å². The van der Waals surface area contributed by atoms with Crippen LogP contribution in [0.1, 0.15) is 71.6 Å². The molecule has 3 aromatic rings. The lowest BCUT2D eigenvalue weighted by Gasteiger charge is -2.59. The van der Waals surface area contributed by atoms with Crippen LogP contribution in [0.5, 0.6) is 0 Å². The van der Waals surface area contributed by atoms with Crippen LogP contribution in [0.25, 0.3) is 27.5 Å². The lowest BCUT2D eigenvalue weighted by Crippen LogP contribution is -2.51. The van der Waals surface area contributed by atoms with Crippen molar-refractivity contribution in [2.75, 3.05) is 0 Å². The van der Waals surface area contributed by atoms with Crippen molar-refractivity contribution in [2.24, 2.45) is 34.5 Å². The molecule has 0 radical (unpaired) electrons. The van der Waals surface area contributed by atoms with Gasteiger partial charge in [-0.3, -0.25) is 0 Å². The van der Waals surface area contributed by atoms with Crippen LogP contribution in [0.3, 0.4) is 0 Å². The predicted molar refractivity (Wildman–Crippen MR) is 135 cm³/mol. The normalized spacial score (nSPS) is 38.9. The fourth-order valence-corrected chi connectivity index (χ4v) is 9.27. The first-order valence-corrected chi connectivity index (χ1v) is 13.3. The highest BCUT2D eigenvalue weighted by Crippen LogP contribution is 2.66. The predicted octanol–water partition coefficient (Wildman–Crippen LogP) is 8.68. The van der Waals surface area contributed by atoms with Crippen LogP contribution < -0.4 is 0 Å². The third-order valence-corrected chi connectivity index (χ3v) is 10.9. The van der Waals surface area contributed by atoms with Crippen molar-refractivity contribution in [3.8, 4) is 0 Å². The zero-order valence-corrected chi connectivity index (χ0v) is 19.8. The monoisotopic (exact) mass is 423 g/mol. The van der Waals surface area contributed by atoms with Crippen molar-refractivity contribution < 1.29 is 0 Å². The molecule has 0 aliphatic heterocycles. The molecule has 1 heteroatoms. The van der Waals surface area contributed by atoms with Crippen molar-refractivity contribution in [1.82, 2.24) is 4.57 Å². The van der Waals surface area contributed by atoms with Crippen molar-refractivity contribution in [1.29, 1.82) is 0 Å². The molecule has 2 aromatic carbocycles. The van der Waals surface area contributed by atoms with Gasteiger partial charge in [0.2, 0.25) is 0 Å². The highest BCUT2D eigenvalue weighted by molar-refractivity contribution is 6.09. The Kier molecular flexibility index (Phi) is 4.10. The number of allylic oxidation sites excluding steroid dienone is 2. The van der Waals surface area contributed by atoms with Crippen molar-refractivity contribution >= 4 is 27.5 Å². The molecule has 32 heavy (non-hydrogen) atoms. The summed E-state index contributed by atoms with van der Waals surface area (Å²) in [6.07, 6.45) is 15.6. The summed E-state index contributed by atoms with van der Waals surface area (Å²) in [4.78, 5) is 0. The molecule has 1 aromatic heterocycles. The van der Waals surface area contributed by atoms with Crippen LogP contribution in [0, 0.1) is 34.5 Å². The Morgan fingerprint density at radius 1 is 0.781 bits per heavy atom. The van der Waals surface area contributed by atoms with Crippen LogP contribution in [0.4, 0.5) is 0 Å². The van der Waals surface area contributed by atoms with E-state index in [0.29, 0.717) is 10.8 Å². The topological polar surface area (TPSA) is 4.93 Å². The second-order valence-corrected chi connectivity index (χ2v) is 12.2. The van der Waals surface area contributed by atoms with Crippen molar-refractivity contribution in [3.05, 3.63) is 54.6 Å². The SMILES string of the molecule is C[C@@]12CCCC1C1CCC3CC(n4c5ccccc5c5ccccc54)=CC[C@]3(C)C1CC2. The van der Waals surface area contributed by atoms with E-state index in [4.69, 9.17) is 0 Å². The van der Waals surface area contributed by atoms with Crippen LogP contribution in [0.2, 0.25) is 0 Å². The number of fused-ring (bicyclic) bond motifs is 8. The van der Waals surface area contributed by atoms with E-state index in [1.807, 2.05) is 0 Å². The van der Waals surface area contributed by atoms with E-state index in [1.54, 1.807) is 5.70 Å². The van der Waals surface area contributed by atoms with E-state index in [1.165, 1.54) is 79.6 Å². The van der Waals surface area contributed by atoms with Gasteiger partial charge < -0.3 is 4.57 Å². The van der Waals surface area contributed by atoms with Gasteiger partial charge in [0, 0.05) is 16.5 Å². The minimum Gasteiger partial charge on any atom is -0.313 e. The molecule has 0 saturated heterocycles. The summed E-state index contributed by atoms with van der Waals surface area (Å²) in [6, 6.07) is 18.0. The summed E-state index contributed by atoms with van der Waals surface area (Å²) >= 11 is 0. The molecule has 3 fully saturated rings. The molecule has 0 amide bonds. The summed E-state index contributed by atoms with van der Waals surface area (Å²) in [6.45, 7) is 5.32. The zero-order valence-electron chi connectivity index (χ0n) is 19.8. The summed E-state index contributed by atoms with van der Waals surface area (Å²) in [5.41, 5.74) is 5.51. The van der Waals surface area contributed by atoms with Gasteiger partial charge in [-0.1, -0.05) is 62.7 Å². The number of benzene rings is 2. The molecule has 0 N–H and O–H groups in total. The third-order valence-electron chi connectivity index (χ3n) is 10.9. The van der Waals surface area contributed by atoms with Gasteiger partial charge in [-0.25, -0.2) is 0 Å². The molecule has 7 rings (SSSR count). The maximum atomic E-state index is 2.69. The molecule has 4 aliphatic rings. The molecule has 0 bridgehead atoms. The second kappa shape index (κ2) is 6.75. The van der Waals surface area contributed by atoms with Gasteiger partial charge in [0.15, 0.2) is 0 Å². The van der Waals surface area contributed by atoms with Crippen molar-refractivity contribution in [3.63, 3.8) is 0 Å². The molecule has 4 aliphatic carbocycles. The molecular weight excluding hydrogens is 386 g/mol. The molecule has 0 spiro atoms. The highest BCUT2D eigenvalue weighted by atomic mass is 15.0. The first kappa shape index (κ1) is 19.4. The quantitative estimate of drug-likeness (QED) is 0.369. The Morgan fingerprint density at radius 3 is 2.25 bits per heavy atom. The Labute approximate surface area is 192 Å². The third kappa shape index (κ3) is 2.52. The maximum absolute atomic E-state index is 2.69. The first-order chi connectivity index (χ1) is 15.6. The minimum atomic E-state index is 0.509. The van der Waals surface area contributed by atoms with E-state index in [9.17, 15) is 0 Å². The molecular formula is C31H37N. The molecule has 4 unspecified atom stereocenters. The van der Waals surface area contributed by atoms with Gasteiger partial charge in [-0.2, -0.15) is 0 Å². The number of hydrogen-bond donors (Lipinski definition) is 0. The average Bonchev–Trinajstić information content (AvgIpc) is 3.37. The Morgan fingerprint density at radius 2 is 1.50 bits per heavy atom. The summed E-state index contributed by atoms with van der Waals surface area (Å²) < 4.78 is 2.60. The fraction of sp³-hybridized carbons (Fsp3) is 0.548. The highest BCUT2D eigenvalue weighted by Gasteiger charge is 2.57. The van der Waals surface area contributed by atoms with Crippen LogP contribution in [0.15, 0.2) is 54.6 Å². The minimum absolute atomic E-state index is 0.509. The second-order valence-electron chi connectivity index (χ2n) is 12.2. The molecule has 1 nitrogen and oxygen atoms in total. The number of aromatic nitrogens is 1. The molecule has 6 atom stereocenters. The first-order valence-electron chi connectivity index (χ1n) is 13.3. The Bertz CT molecular complexity index is 1180. The van der Waals surface area contributed by atoms with Crippen LogP contribution >= 0.6 is 0 Å². The van der Waals surface area contributed by atoms with E-state index < -0.39 is 0 Å². The van der Waals surface area contributed by atoms with Gasteiger partial charge >= 0.3 is 0 Å². The average molecular weight is 424 g/mol. The van der Waals surface area contributed by atoms with Gasteiger partial charge in [0.25, 0.3) is 0 Å². The Balaban J connectivity index is 1.29. The zero-order chi connectivity index (χ0) is 21.5. The smallest absolute Gasteiger partial charge is 0.0537 e. The molecule has 3 saturated carbocycles. The van der Waals surface area contributed by atoms with E-state index in [0.717, 1.165) is 23.7 Å². The standard InChI is InChI=1S/C31H37N/c1-30-17-7-10-26(30)25-14-13-21-20-22(15-19-31(21,2)27(25)16-18-30)32-28-11-5-3-8-23(28)24-9-4-6-12-29(24)32/h3-6,8-9,11-12,15,21,25-27H,7,10,13-14,16-20H2,1-2H3/t21?,25?,26?,27?,30-,31-/m0/s1. The number of hydrogen-bond acceptors (Lipinski definition) is 0. The molecule has 166 valence electrons. The van der Waals surface area contributed by atoms with Gasteiger partial charge in [-0.05, 0) is 98.0 Å². The van der Waals surface area contributed by atoms with E-state index in [2.05, 4.69) is 73.0 Å². The number of rotatable bonds is 1. The summed E-state index contributed by atoms with van der Waals surface area (Å²) in [7, 11) is 0. The Hall–Kier alpha value is -2.02. The largest absolute Gasteiger partial charge is 0.313 e. The van der Waals surface area contributed by atoms with Crippen molar-refractivity contribution in [2.45, 2.75) is 71.6 Å². The number of nitrogens with zero attached hydrogens (tertiary/aromatic N) is 1. The van der Waals surface area contributed by atoms with Gasteiger partial charge in [0.05, 0.1) is 11.0 Å². The number of para-hydroxylation sites is 2. The van der Waals surface area contributed by atoms with E-state index in [-0.39, 0.29) is 0 Å². The van der Waals surface area contributed by atoms with Gasteiger partial charge in [-0.15, -0.1) is 0 Å². The summed E-state index contributed by atoms with van der Waals surface area (Å²) in [5.74, 6) is 3.81. The summed E-state index contributed by atoms with van der Waals surface area (Å²) in [5, 5.41) is 2.79. The van der Waals surface area contributed by atoms with Crippen LogP contribution in [-0.4, -0.2) is 4.57 Å². The van der Waals surface area contributed by atoms with E-state index >= 15 is 0 Å². The maximum Gasteiger partial charge on any atom is 0.0537 e. The lowest BCUT2D eigenvalue weighted by atomic mass is 9.46.